The Morgan fingerprint density at radius 1 is 1.30 bits per heavy atom. The molecule has 2 heteroatoms. The summed E-state index contributed by atoms with van der Waals surface area (Å²) in [6, 6.07) is 0. The molecule has 0 saturated heterocycles. The molecule has 1 rings (SSSR count). The van der Waals surface area contributed by atoms with Crippen LogP contribution in [0.25, 0.3) is 0 Å². The highest BCUT2D eigenvalue weighted by molar-refractivity contribution is 5.31. The molecule has 0 radical (unpaired) electrons. The Labute approximate surface area is 60.5 Å². The van der Waals surface area contributed by atoms with Gasteiger partial charge in [0.15, 0.2) is 0 Å². The fourth-order valence-corrected chi connectivity index (χ4v) is 0.969. The van der Waals surface area contributed by atoms with Gasteiger partial charge < -0.3 is 10.2 Å². The molecule has 0 saturated carbocycles. The van der Waals surface area contributed by atoms with Crippen LogP contribution in [-0.4, -0.2) is 22.4 Å². The van der Waals surface area contributed by atoms with E-state index in [1.165, 1.54) is 0 Å². The topological polar surface area (TPSA) is 40.5 Å². The van der Waals surface area contributed by atoms with Gasteiger partial charge in [0, 0.05) is 0 Å². The van der Waals surface area contributed by atoms with Gasteiger partial charge in [-0.2, -0.15) is 0 Å². The molecule has 0 heterocycles. The van der Waals surface area contributed by atoms with Crippen LogP contribution in [0, 0.1) is 0 Å². The van der Waals surface area contributed by atoms with Crippen LogP contribution in [0.2, 0.25) is 0 Å². The first-order valence-corrected chi connectivity index (χ1v) is 3.34. The summed E-state index contributed by atoms with van der Waals surface area (Å²) in [4.78, 5) is 0. The van der Waals surface area contributed by atoms with E-state index >= 15 is 0 Å². The highest BCUT2D eigenvalue weighted by Gasteiger charge is 2.19. The Morgan fingerprint density at radius 2 is 1.90 bits per heavy atom. The molecule has 0 amide bonds. The SMILES string of the molecule is CC1=C(C)C(O)C(O)C=C1. The van der Waals surface area contributed by atoms with Gasteiger partial charge >= 0.3 is 0 Å². The fraction of sp³-hybridized carbons (Fsp3) is 0.500. The van der Waals surface area contributed by atoms with E-state index in [-0.39, 0.29) is 0 Å². The molecule has 0 aromatic carbocycles. The number of hydrogen-bond donors (Lipinski definition) is 2. The molecule has 10 heavy (non-hydrogen) atoms. The Balaban J connectivity index is 2.88. The first-order chi connectivity index (χ1) is 4.63. The van der Waals surface area contributed by atoms with E-state index in [1.54, 1.807) is 6.08 Å². The second-order valence-corrected chi connectivity index (χ2v) is 2.66. The molecule has 56 valence electrons. The summed E-state index contributed by atoms with van der Waals surface area (Å²) in [5, 5.41) is 18.4. The Morgan fingerprint density at radius 3 is 2.40 bits per heavy atom. The second-order valence-electron chi connectivity index (χ2n) is 2.66. The van der Waals surface area contributed by atoms with Gasteiger partial charge in [-0.25, -0.2) is 0 Å². The Hall–Kier alpha value is -0.600. The highest BCUT2D eigenvalue weighted by Crippen LogP contribution is 2.18. The predicted octanol–water partition coefficient (Wildman–Crippen LogP) is 0.614. The van der Waals surface area contributed by atoms with Crippen LogP contribution in [0.3, 0.4) is 0 Å². The van der Waals surface area contributed by atoms with E-state index in [2.05, 4.69) is 0 Å². The molecule has 0 aromatic heterocycles. The maximum atomic E-state index is 9.26. The van der Waals surface area contributed by atoms with Crippen LogP contribution in [-0.2, 0) is 0 Å². The predicted molar refractivity (Wildman–Crippen MR) is 39.5 cm³/mol. The van der Waals surface area contributed by atoms with Crippen molar-refractivity contribution in [2.45, 2.75) is 26.1 Å². The molecule has 2 atom stereocenters. The third-order valence-electron chi connectivity index (χ3n) is 1.93. The van der Waals surface area contributed by atoms with E-state index in [0.717, 1.165) is 11.1 Å². The summed E-state index contributed by atoms with van der Waals surface area (Å²) in [6.07, 6.45) is 2.01. The average Bonchev–Trinajstić information content (AvgIpc) is 1.93. The Kier molecular flexibility index (Phi) is 1.92. The zero-order valence-corrected chi connectivity index (χ0v) is 6.20. The van der Waals surface area contributed by atoms with Crippen molar-refractivity contribution in [3.8, 4) is 0 Å². The molecule has 0 fully saturated rings. The summed E-state index contributed by atoms with van der Waals surface area (Å²) in [5.74, 6) is 0. The van der Waals surface area contributed by atoms with E-state index in [1.807, 2.05) is 19.9 Å². The minimum Gasteiger partial charge on any atom is -0.386 e. The molecular formula is C8H12O2. The lowest BCUT2D eigenvalue weighted by atomic mass is 9.95. The molecule has 0 spiro atoms. The van der Waals surface area contributed by atoms with Crippen LogP contribution in [0.4, 0.5) is 0 Å². The summed E-state index contributed by atoms with van der Waals surface area (Å²) < 4.78 is 0. The van der Waals surface area contributed by atoms with Gasteiger partial charge in [-0.05, 0) is 25.0 Å². The van der Waals surface area contributed by atoms with Crippen molar-refractivity contribution < 1.29 is 10.2 Å². The highest BCUT2D eigenvalue weighted by atomic mass is 16.3. The number of hydrogen-bond acceptors (Lipinski definition) is 2. The quantitative estimate of drug-likeness (QED) is 0.517. The lowest BCUT2D eigenvalue weighted by molar-refractivity contribution is 0.0707. The van der Waals surface area contributed by atoms with Crippen LogP contribution < -0.4 is 0 Å². The molecule has 2 nitrogen and oxygen atoms in total. The van der Waals surface area contributed by atoms with Crippen molar-refractivity contribution >= 4 is 0 Å². The van der Waals surface area contributed by atoms with Crippen molar-refractivity contribution in [1.82, 2.24) is 0 Å². The van der Waals surface area contributed by atoms with E-state index in [9.17, 15) is 5.11 Å². The molecule has 0 bridgehead atoms. The molecule has 0 aromatic rings. The van der Waals surface area contributed by atoms with Gasteiger partial charge in [-0.1, -0.05) is 12.2 Å². The summed E-state index contributed by atoms with van der Waals surface area (Å²) >= 11 is 0. The molecule has 1 aliphatic rings. The van der Waals surface area contributed by atoms with Gasteiger partial charge in [0.05, 0.1) is 0 Å². The van der Waals surface area contributed by atoms with Crippen LogP contribution in [0.15, 0.2) is 23.3 Å². The van der Waals surface area contributed by atoms with Crippen LogP contribution in [0.1, 0.15) is 13.8 Å². The normalized spacial score (nSPS) is 33.2. The molecular weight excluding hydrogens is 128 g/mol. The fourth-order valence-electron chi connectivity index (χ4n) is 0.969. The third-order valence-corrected chi connectivity index (χ3v) is 1.93. The van der Waals surface area contributed by atoms with E-state index in [4.69, 9.17) is 5.11 Å². The number of allylic oxidation sites excluding steroid dienone is 2. The van der Waals surface area contributed by atoms with Gasteiger partial charge in [-0.15, -0.1) is 0 Å². The van der Waals surface area contributed by atoms with Gasteiger partial charge in [0.2, 0.25) is 0 Å². The zero-order chi connectivity index (χ0) is 7.72. The lowest BCUT2D eigenvalue weighted by Crippen LogP contribution is -2.27. The van der Waals surface area contributed by atoms with Gasteiger partial charge in [0.25, 0.3) is 0 Å². The minimum atomic E-state index is -0.719. The lowest BCUT2D eigenvalue weighted by Gasteiger charge is -2.20. The van der Waals surface area contributed by atoms with Crippen molar-refractivity contribution in [1.29, 1.82) is 0 Å². The number of aliphatic hydroxyl groups excluding tert-OH is 2. The maximum Gasteiger partial charge on any atom is 0.105 e. The smallest absolute Gasteiger partial charge is 0.105 e. The minimum absolute atomic E-state index is 0.704. The Bertz CT molecular complexity index is 191. The third kappa shape index (κ3) is 1.13. The van der Waals surface area contributed by atoms with E-state index < -0.39 is 12.2 Å². The number of rotatable bonds is 0. The van der Waals surface area contributed by atoms with E-state index in [0.29, 0.717) is 0 Å². The van der Waals surface area contributed by atoms with Crippen LogP contribution >= 0.6 is 0 Å². The molecule has 2 unspecified atom stereocenters. The first-order valence-electron chi connectivity index (χ1n) is 3.34. The summed E-state index contributed by atoms with van der Waals surface area (Å²) in [6.45, 7) is 3.74. The largest absolute Gasteiger partial charge is 0.386 e. The van der Waals surface area contributed by atoms with Crippen molar-refractivity contribution in [3.05, 3.63) is 23.3 Å². The van der Waals surface area contributed by atoms with Crippen molar-refractivity contribution in [3.63, 3.8) is 0 Å². The molecule has 0 aliphatic heterocycles. The second kappa shape index (κ2) is 2.56. The zero-order valence-electron chi connectivity index (χ0n) is 6.20. The van der Waals surface area contributed by atoms with Crippen LogP contribution in [0.5, 0.6) is 0 Å². The summed E-state index contributed by atoms with van der Waals surface area (Å²) in [5.41, 5.74) is 1.90. The van der Waals surface area contributed by atoms with Crippen molar-refractivity contribution in [2.24, 2.45) is 0 Å². The van der Waals surface area contributed by atoms with Gasteiger partial charge in [-0.3, -0.25) is 0 Å². The molecule has 1 aliphatic carbocycles. The first kappa shape index (κ1) is 7.51. The monoisotopic (exact) mass is 140 g/mol. The molecule has 2 N–H and O–H groups in total. The van der Waals surface area contributed by atoms with Crippen molar-refractivity contribution in [2.75, 3.05) is 0 Å². The maximum absolute atomic E-state index is 9.26. The standard InChI is InChI=1S/C8H12O2/c1-5-3-4-7(9)8(10)6(5)2/h3-4,7-10H,1-2H3. The number of aliphatic hydroxyl groups is 2. The van der Waals surface area contributed by atoms with Gasteiger partial charge in [0.1, 0.15) is 12.2 Å². The average molecular weight is 140 g/mol. The summed E-state index contributed by atoms with van der Waals surface area (Å²) in [7, 11) is 0.